The van der Waals surface area contributed by atoms with Gasteiger partial charge in [-0.1, -0.05) is 12.1 Å². The number of pyridine rings is 1. The van der Waals surface area contributed by atoms with Gasteiger partial charge in [0.2, 0.25) is 0 Å². The lowest BCUT2D eigenvalue weighted by Gasteiger charge is -2.05. The highest BCUT2D eigenvalue weighted by Gasteiger charge is 2.16. The van der Waals surface area contributed by atoms with E-state index in [0.29, 0.717) is 12.2 Å². The van der Waals surface area contributed by atoms with Crippen LogP contribution >= 0.6 is 0 Å². The summed E-state index contributed by atoms with van der Waals surface area (Å²) in [6, 6.07) is 5.87. The Morgan fingerprint density at radius 2 is 1.95 bits per heavy atom. The molecule has 0 aliphatic carbocycles. The molecule has 5 nitrogen and oxygen atoms in total. The van der Waals surface area contributed by atoms with Crippen molar-refractivity contribution < 1.29 is 14.6 Å². The number of aromatic amines is 1. The second-order valence-corrected chi connectivity index (χ2v) is 4.50. The van der Waals surface area contributed by atoms with Gasteiger partial charge >= 0.3 is 0 Å². The number of nitrogens with one attached hydrogen (secondary N) is 1. The quantitative estimate of drug-likeness (QED) is 0.764. The number of H-pyrrole nitrogens is 1. The van der Waals surface area contributed by atoms with E-state index in [-0.39, 0.29) is 6.61 Å². The minimum absolute atomic E-state index is 0.0565. The molecule has 0 amide bonds. The maximum absolute atomic E-state index is 9.17. The first-order valence-corrected chi connectivity index (χ1v) is 6.41. The number of para-hydroxylation sites is 1. The van der Waals surface area contributed by atoms with Crippen molar-refractivity contribution in [1.82, 2.24) is 9.97 Å². The average molecular weight is 272 g/mol. The lowest BCUT2D eigenvalue weighted by atomic mass is 10.1. The fraction of sp³-hybridized carbons (Fsp3) is 0.267. The van der Waals surface area contributed by atoms with Crippen molar-refractivity contribution >= 4 is 21.8 Å². The van der Waals surface area contributed by atoms with E-state index in [2.05, 4.69) is 9.97 Å². The Labute approximate surface area is 116 Å². The number of methoxy groups -OCH3 is 2. The van der Waals surface area contributed by atoms with Crippen LogP contribution in [0.4, 0.5) is 0 Å². The van der Waals surface area contributed by atoms with Gasteiger partial charge in [0.15, 0.2) is 0 Å². The van der Waals surface area contributed by atoms with Crippen molar-refractivity contribution in [1.29, 1.82) is 0 Å². The summed E-state index contributed by atoms with van der Waals surface area (Å²) >= 11 is 0. The SMILES string of the molecule is COc1cccc2c1[nH]c1c(CCO)ncc(OC)c12. The van der Waals surface area contributed by atoms with E-state index < -0.39 is 0 Å². The molecule has 20 heavy (non-hydrogen) atoms. The Balaban J connectivity index is 2.44. The summed E-state index contributed by atoms with van der Waals surface area (Å²) < 4.78 is 10.8. The zero-order chi connectivity index (χ0) is 14.1. The first-order valence-electron chi connectivity index (χ1n) is 6.41. The Morgan fingerprint density at radius 1 is 1.15 bits per heavy atom. The lowest BCUT2D eigenvalue weighted by molar-refractivity contribution is 0.298. The van der Waals surface area contributed by atoms with Crippen molar-refractivity contribution in [3.63, 3.8) is 0 Å². The Morgan fingerprint density at radius 3 is 2.65 bits per heavy atom. The van der Waals surface area contributed by atoms with Gasteiger partial charge in [0.25, 0.3) is 0 Å². The molecule has 104 valence electrons. The fourth-order valence-electron chi connectivity index (χ4n) is 2.55. The predicted octanol–water partition coefficient (Wildman–Crippen LogP) is 2.27. The van der Waals surface area contributed by atoms with Gasteiger partial charge in [0.1, 0.15) is 11.5 Å². The molecule has 0 bridgehead atoms. The summed E-state index contributed by atoms with van der Waals surface area (Å²) in [6.07, 6.45) is 2.19. The molecule has 5 heteroatoms. The van der Waals surface area contributed by atoms with Crippen molar-refractivity contribution in [3.8, 4) is 11.5 Å². The third kappa shape index (κ3) is 1.78. The molecule has 0 atom stereocenters. The Hall–Kier alpha value is -2.27. The molecule has 0 fully saturated rings. The minimum Gasteiger partial charge on any atom is -0.495 e. The van der Waals surface area contributed by atoms with Crippen molar-refractivity contribution in [2.75, 3.05) is 20.8 Å². The lowest BCUT2D eigenvalue weighted by Crippen LogP contribution is -1.97. The molecule has 3 aromatic rings. The maximum Gasteiger partial charge on any atom is 0.147 e. The highest BCUT2D eigenvalue weighted by Crippen LogP contribution is 2.37. The molecular formula is C15H16N2O3. The summed E-state index contributed by atoms with van der Waals surface area (Å²) in [4.78, 5) is 7.71. The van der Waals surface area contributed by atoms with Crippen LogP contribution in [0.2, 0.25) is 0 Å². The first-order chi connectivity index (χ1) is 9.80. The number of hydrogen-bond donors (Lipinski definition) is 2. The zero-order valence-electron chi connectivity index (χ0n) is 11.4. The zero-order valence-corrected chi connectivity index (χ0v) is 11.4. The van der Waals surface area contributed by atoms with E-state index in [4.69, 9.17) is 9.47 Å². The van der Waals surface area contributed by atoms with Crippen molar-refractivity contribution in [2.45, 2.75) is 6.42 Å². The highest BCUT2D eigenvalue weighted by molar-refractivity contribution is 6.12. The maximum atomic E-state index is 9.17. The summed E-state index contributed by atoms with van der Waals surface area (Å²) in [5.74, 6) is 1.48. The third-order valence-corrected chi connectivity index (χ3v) is 3.46. The summed E-state index contributed by atoms with van der Waals surface area (Å²) in [7, 11) is 3.27. The molecule has 0 saturated heterocycles. The largest absolute Gasteiger partial charge is 0.495 e. The van der Waals surface area contributed by atoms with Gasteiger partial charge in [-0.3, -0.25) is 4.98 Å². The van der Waals surface area contributed by atoms with Crippen LogP contribution in [0.5, 0.6) is 11.5 Å². The number of ether oxygens (including phenoxy) is 2. The number of benzene rings is 1. The van der Waals surface area contributed by atoms with Crippen LogP contribution in [-0.4, -0.2) is 35.9 Å². The third-order valence-electron chi connectivity index (χ3n) is 3.46. The molecule has 0 unspecified atom stereocenters. The molecule has 2 N–H and O–H groups in total. The van der Waals surface area contributed by atoms with Gasteiger partial charge in [-0.2, -0.15) is 0 Å². The van der Waals surface area contributed by atoms with Crippen LogP contribution in [0.15, 0.2) is 24.4 Å². The van der Waals surface area contributed by atoms with Gasteiger partial charge in [-0.05, 0) is 6.07 Å². The van der Waals surface area contributed by atoms with E-state index in [1.807, 2.05) is 18.2 Å². The topological polar surface area (TPSA) is 67.4 Å². The number of aliphatic hydroxyl groups excluding tert-OH is 1. The van der Waals surface area contributed by atoms with Crippen LogP contribution in [0.1, 0.15) is 5.69 Å². The van der Waals surface area contributed by atoms with Crippen LogP contribution in [0.25, 0.3) is 21.8 Å². The van der Waals surface area contributed by atoms with E-state index >= 15 is 0 Å². The molecular weight excluding hydrogens is 256 g/mol. The number of hydrogen-bond acceptors (Lipinski definition) is 4. The van der Waals surface area contributed by atoms with E-state index in [9.17, 15) is 5.11 Å². The Bertz CT molecular complexity index is 764. The second-order valence-electron chi connectivity index (χ2n) is 4.50. The van der Waals surface area contributed by atoms with Crippen molar-refractivity contribution in [2.24, 2.45) is 0 Å². The molecule has 0 aliphatic heterocycles. The number of nitrogens with zero attached hydrogens (tertiary/aromatic N) is 1. The number of rotatable bonds is 4. The van der Waals surface area contributed by atoms with Gasteiger partial charge in [0.05, 0.1) is 42.5 Å². The van der Waals surface area contributed by atoms with E-state index in [1.165, 1.54) is 0 Å². The molecule has 1 aromatic carbocycles. The minimum atomic E-state index is 0.0565. The monoisotopic (exact) mass is 272 g/mol. The normalized spacial score (nSPS) is 11.2. The van der Waals surface area contributed by atoms with Crippen LogP contribution < -0.4 is 9.47 Å². The van der Waals surface area contributed by atoms with Gasteiger partial charge in [-0.25, -0.2) is 0 Å². The average Bonchev–Trinajstić information content (AvgIpc) is 2.88. The van der Waals surface area contributed by atoms with E-state index in [1.54, 1.807) is 20.4 Å². The van der Waals surface area contributed by atoms with E-state index in [0.717, 1.165) is 33.2 Å². The number of aromatic nitrogens is 2. The molecule has 0 spiro atoms. The molecule has 0 saturated carbocycles. The summed E-state index contributed by atoms with van der Waals surface area (Å²) in [5.41, 5.74) is 2.62. The molecule has 2 heterocycles. The summed E-state index contributed by atoms with van der Waals surface area (Å²) in [6.45, 7) is 0.0565. The number of aliphatic hydroxyl groups is 1. The van der Waals surface area contributed by atoms with Gasteiger partial charge in [0, 0.05) is 18.4 Å². The van der Waals surface area contributed by atoms with Crippen LogP contribution in [-0.2, 0) is 6.42 Å². The standard InChI is InChI=1S/C15H16N2O3/c1-19-11-5-3-4-9-13-12(20-2)8-16-10(6-7-18)15(13)17-14(9)11/h3-5,8,17-18H,6-7H2,1-2H3. The molecule has 3 rings (SSSR count). The fourth-order valence-corrected chi connectivity index (χ4v) is 2.55. The smallest absolute Gasteiger partial charge is 0.147 e. The predicted molar refractivity (Wildman–Crippen MR) is 77.5 cm³/mol. The highest BCUT2D eigenvalue weighted by atomic mass is 16.5. The summed E-state index contributed by atoms with van der Waals surface area (Å²) in [5, 5.41) is 11.2. The van der Waals surface area contributed by atoms with Crippen LogP contribution in [0.3, 0.4) is 0 Å². The van der Waals surface area contributed by atoms with Gasteiger partial charge in [-0.15, -0.1) is 0 Å². The number of fused-ring (bicyclic) bond motifs is 3. The molecule has 0 aliphatic rings. The van der Waals surface area contributed by atoms with Crippen molar-refractivity contribution in [3.05, 3.63) is 30.1 Å². The first kappa shape index (κ1) is 12.7. The Kier molecular flexibility index (Phi) is 3.20. The molecule has 2 aromatic heterocycles. The molecule has 0 radical (unpaired) electrons. The van der Waals surface area contributed by atoms with Gasteiger partial charge < -0.3 is 19.6 Å². The van der Waals surface area contributed by atoms with Crippen LogP contribution in [0, 0.1) is 0 Å². The second kappa shape index (κ2) is 5.02.